The fraction of sp³-hybridized carbons (Fsp3) is 0.350. The molecule has 3 rings (SSSR count). The van der Waals surface area contributed by atoms with E-state index in [9.17, 15) is 13.2 Å². The summed E-state index contributed by atoms with van der Waals surface area (Å²) in [4.78, 5) is 12.1. The monoisotopic (exact) mass is 404 g/mol. The molecule has 0 aromatic heterocycles. The molecule has 0 radical (unpaired) electrons. The van der Waals surface area contributed by atoms with Crippen LogP contribution < -0.4 is 10.1 Å². The van der Waals surface area contributed by atoms with Crippen LogP contribution in [0.4, 0.5) is 10.5 Å². The number of carbonyl (C=O) groups excluding carboxylic acids is 1. The summed E-state index contributed by atoms with van der Waals surface area (Å²) in [5.41, 5.74) is 0.446. The number of anilines is 1. The molecule has 1 heterocycles. The number of carbonyl (C=O) groups is 1. The van der Waals surface area contributed by atoms with E-state index >= 15 is 0 Å². The number of hydrogen-bond donors (Lipinski definition) is 1. The molecule has 1 N–H and O–H groups in total. The lowest BCUT2D eigenvalue weighted by atomic mass is 10.2. The number of sulfonamides is 1. The summed E-state index contributed by atoms with van der Waals surface area (Å²) in [5, 5.41) is 2.58. The third kappa shape index (κ3) is 4.89. The SMILES string of the molecule is CCC1CN(S(=O)(=O)c2ccc(NC(=O)Oc3ccccc3)cc2)CC(C)O1. The van der Waals surface area contributed by atoms with Crippen molar-refractivity contribution < 1.29 is 22.7 Å². The minimum Gasteiger partial charge on any atom is -0.410 e. The minimum atomic E-state index is -3.62. The third-order valence-corrected chi connectivity index (χ3v) is 6.29. The highest BCUT2D eigenvalue weighted by Gasteiger charge is 2.33. The Morgan fingerprint density at radius 1 is 1.14 bits per heavy atom. The Morgan fingerprint density at radius 2 is 1.82 bits per heavy atom. The molecule has 1 fully saturated rings. The van der Waals surface area contributed by atoms with Gasteiger partial charge in [0.15, 0.2) is 0 Å². The zero-order chi connectivity index (χ0) is 20.1. The van der Waals surface area contributed by atoms with Gasteiger partial charge in [-0.05, 0) is 49.7 Å². The first kappa shape index (κ1) is 20.3. The fourth-order valence-electron chi connectivity index (χ4n) is 3.02. The van der Waals surface area contributed by atoms with Crippen LogP contribution in [0.5, 0.6) is 5.75 Å². The van der Waals surface area contributed by atoms with Crippen molar-refractivity contribution in [3.63, 3.8) is 0 Å². The van der Waals surface area contributed by atoms with E-state index in [1.54, 1.807) is 36.4 Å². The Hall–Kier alpha value is -2.42. The van der Waals surface area contributed by atoms with Crippen LogP contribution in [0.1, 0.15) is 20.3 Å². The first-order valence-electron chi connectivity index (χ1n) is 9.18. The van der Waals surface area contributed by atoms with Crippen molar-refractivity contribution in [3.8, 4) is 5.75 Å². The molecule has 2 unspecified atom stereocenters. The van der Waals surface area contributed by atoms with E-state index in [1.165, 1.54) is 16.4 Å². The highest BCUT2D eigenvalue weighted by molar-refractivity contribution is 7.89. The molecule has 150 valence electrons. The second-order valence-corrected chi connectivity index (χ2v) is 8.59. The number of morpholine rings is 1. The smallest absolute Gasteiger partial charge is 0.410 e. The van der Waals surface area contributed by atoms with Crippen LogP contribution in [0.3, 0.4) is 0 Å². The van der Waals surface area contributed by atoms with Crippen molar-refractivity contribution in [2.45, 2.75) is 37.4 Å². The van der Waals surface area contributed by atoms with Gasteiger partial charge in [0.2, 0.25) is 10.0 Å². The Bertz CT molecular complexity index is 900. The first-order chi connectivity index (χ1) is 13.4. The van der Waals surface area contributed by atoms with Gasteiger partial charge in [-0.25, -0.2) is 13.2 Å². The molecule has 7 nitrogen and oxygen atoms in total. The van der Waals surface area contributed by atoms with Crippen molar-refractivity contribution in [3.05, 3.63) is 54.6 Å². The molecule has 2 aromatic carbocycles. The molecule has 28 heavy (non-hydrogen) atoms. The van der Waals surface area contributed by atoms with Crippen LogP contribution in [0, 0.1) is 0 Å². The van der Waals surface area contributed by atoms with Gasteiger partial charge in [-0.15, -0.1) is 0 Å². The van der Waals surface area contributed by atoms with Gasteiger partial charge in [0.05, 0.1) is 17.1 Å². The summed E-state index contributed by atoms with van der Waals surface area (Å²) in [5.74, 6) is 0.422. The van der Waals surface area contributed by atoms with Crippen molar-refractivity contribution in [2.24, 2.45) is 0 Å². The normalized spacial score (nSPS) is 20.5. The molecule has 0 spiro atoms. The van der Waals surface area contributed by atoms with E-state index in [0.717, 1.165) is 6.42 Å². The number of benzene rings is 2. The van der Waals surface area contributed by atoms with Crippen LogP contribution in [0.25, 0.3) is 0 Å². The van der Waals surface area contributed by atoms with Gasteiger partial charge < -0.3 is 9.47 Å². The van der Waals surface area contributed by atoms with E-state index in [2.05, 4.69) is 5.32 Å². The van der Waals surface area contributed by atoms with Gasteiger partial charge in [0.25, 0.3) is 0 Å². The van der Waals surface area contributed by atoms with Crippen LogP contribution in [0.2, 0.25) is 0 Å². The Morgan fingerprint density at radius 3 is 2.46 bits per heavy atom. The lowest BCUT2D eigenvalue weighted by molar-refractivity contribution is -0.0547. The summed E-state index contributed by atoms with van der Waals surface area (Å²) in [6, 6.07) is 14.7. The highest BCUT2D eigenvalue weighted by Crippen LogP contribution is 2.23. The molecule has 1 aliphatic heterocycles. The van der Waals surface area contributed by atoms with Crippen molar-refractivity contribution in [1.82, 2.24) is 4.31 Å². The third-order valence-electron chi connectivity index (χ3n) is 4.44. The summed E-state index contributed by atoms with van der Waals surface area (Å²) in [7, 11) is -3.62. The van der Waals surface area contributed by atoms with E-state index in [0.29, 0.717) is 24.5 Å². The maximum atomic E-state index is 12.9. The zero-order valence-electron chi connectivity index (χ0n) is 15.9. The Labute approximate surface area is 165 Å². The van der Waals surface area contributed by atoms with Crippen molar-refractivity contribution in [2.75, 3.05) is 18.4 Å². The summed E-state index contributed by atoms with van der Waals surface area (Å²) in [6.45, 7) is 4.51. The predicted octanol–water partition coefficient (Wildman–Crippen LogP) is 3.49. The lowest BCUT2D eigenvalue weighted by Crippen LogP contribution is -2.48. The number of nitrogens with one attached hydrogen (secondary N) is 1. The van der Waals surface area contributed by atoms with Crippen LogP contribution in [-0.4, -0.2) is 44.1 Å². The molecular weight excluding hydrogens is 380 g/mol. The largest absolute Gasteiger partial charge is 0.417 e. The van der Waals surface area contributed by atoms with E-state index in [1.807, 2.05) is 19.9 Å². The molecule has 2 aromatic rings. The summed E-state index contributed by atoms with van der Waals surface area (Å²) >= 11 is 0. The molecular formula is C20H24N2O5S. The van der Waals surface area contributed by atoms with E-state index < -0.39 is 16.1 Å². The lowest BCUT2D eigenvalue weighted by Gasteiger charge is -2.35. The second-order valence-electron chi connectivity index (χ2n) is 6.65. The number of hydrogen-bond acceptors (Lipinski definition) is 5. The molecule has 1 amide bonds. The summed E-state index contributed by atoms with van der Waals surface area (Å²) < 4.78 is 38.2. The van der Waals surface area contributed by atoms with E-state index in [4.69, 9.17) is 9.47 Å². The first-order valence-corrected chi connectivity index (χ1v) is 10.6. The molecule has 8 heteroatoms. The second kappa shape index (κ2) is 8.72. The Balaban J connectivity index is 1.67. The minimum absolute atomic E-state index is 0.104. The average molecular weight is 404 g/mol. The quantitative estimate of drug-likeness (QED) is 0.825. The highest BCUT2D eigenvalue weighted by atomic mass is 32.2. The number of ether oxygens (including phenoxy) is 2. The number of rotatable bonds is 5. The topological polar surface area (TPSA) is 84.9 Å². The van der Waals surface area contributed by atoms with Gasteiger partial charge in [-0.3, -0.25) is 5.32 Å². The van der Waals surface area contributed by atoms with Gasteiger partial charge in [0.1, 0.15) is 5.75 Å². The van der Waals surface area contributed by atoms with Gasteiger partial charge in [0, 0.05) is 18.8 Å². The predicted molar refractivity (Wildman–Crippen MR) is 106 cm³/mol. The molecule has 1 aliphatic rings. The number of amides is 1. The van der Waals surface area contributed by atoms with Crippen LogP contribution in [0.15, 0.2) is 59.5 Å². The zero-order valence-corrected chi connectivity index (χ0v) is 16.7. The standard InChI is InChI=1S/C20H24N2O5S/c1-3-17-14-22(13-15(2)26-17)28(24,25)19-11-9-16(10-12-19)21-20(23)27-18-7-5-4-6-8-18/h4-12,15,17H,3,13-14H2,1-2H3,(H,21,23). The van der Waals surface area contributed by atoms with E-state index in [-0.39, 0.29) is 17.1 Å². The summed E-state index contributed by atoms with van der Waals surface area (Å²) in [6.07, 6.45) is -0.146. The maximum Gasteiger partial charge on any atom is 0.417 e. The van der Waals surface area contributed by atoms with Crippen LogP contribution in [-0.2, 0) is 14.8 Å². The maximum absolute atomic E-state index is 12.9. The number of nitrogens with zero attached hydrogens (tertiary/aromatic N) is 1. The van der Waals surface area contributed by atoms with Gasteiger partial charge in [-0.2, -0.15) is 4.31 Å². The molecule has 0 saturated carbocycles. The van der Waals surface area contributed by atoms with Crippen molar-refractivity contribution in [1.29, 1.82) is 0 Å². The molecule has 2 atom stereocenters. The Kier molecular flexibility index (Phi) is 6.33. The van der Waals surface area contributed by atoms with Gasteiger partial charge >= 0.3 is 6.09 Å². The van der Waals surface area contributed by atoms with Gasteiger partial charge in [-0.1, -0.05) is 25.1 Å². The van der Waals surface area contributed by atoms with Crippen LogP contribution >= 0.6 is 0 Å². The number of para-hydroxylation sites is 1. The fourth-order valence-corrected chi connectivity index (χ4v) is 4.57. The van der Waals surface area contributed by atoms with Crippen molar-refractivity contribution >= 4 is 21.8 Å². The molecule has 0 bridgehead atoms. The molecule has 0 aliphatic carbocycles. The molecule has 1 saturated heterocycles. The average Bonchev–Trinajstić information content (AvgIpc) is 2.68.